The van der Waals surface area contributed by atoms with Crippen molar-refractivity contribution in [1.82, 2.24) is 4.98 Å². The molecule has 2 aromatic rings. The summed E-state index contributed by atoms with van der Waals surface area (Å²) in [5.41, 5.74) is 4.23. The van der Waals surface area contributed by atoms with Gasteiger partial charge in [-0.05, 0) is 54.5 Å². The van der Waals surface area contributed by atoms with Crippen LogP contribution in [0.25, 0.3) is 12.2 Å². The highest BCUT2D eigenvalue weighted by molar-refractivity contribution is 6.03. The third-order valence-corrected chi connectivity index (χ3v) is 5.27. The topological polar surface area (TPSA) is 54.7 Å². The molecule has 0 amide bonds. The predicted molar refractivity (Wildman–Crippen MR) is 105 cm³/mol. The molecular weight excluding hydrogens is 324 g/mol. The van der Waals surface area contributed by atoms with E-state index in [1.807, 2.05) is 37.4 Å². The zero-order valence-electron chi connectivity index (χ0n) is 15.2. The predicted octanol–water partition coefficient (Wildman–Crippen LogP) is 4.43. The van der Waals surface area contributed by atoms with Gasteiger partial charge >= 0.3 is 0 Å². The lowest BCUT2D eigenvalue weighted by atomic mass is 9.98. The second-order valence-corrected chi connectivity index (χ2v) is 7.18. The van der Waals surface area contributed by atoms with Crippen LogP contribution in [0.4, 0.5) is 0 Å². The van der Waals surface area contributed by atoms with Crippen molar-refractivity contribution < 1.29 is 9.84 Å². The summed E-state index contributed by atoms with van der Waals surface area (Å²) in [6, 6.07) is 9.51. The maximum absolute atomic E-state index is 9.78. The summed E-state index contributed by atoms with van der Waals surface area (Å²) in [7, 11) is 0. The molecule has 1 aromatic carbocycles. The van der Waals surface area contributed by atoms with Gasteiger partial charge in [-0.15, -0.1) is 0 Å². The van der Waals surface area contributed by atoms with Gasteiger partial charge in [0.15, 0.2) is 11.5 Å². The third kappa shape index (κ3) is 3.36. The summed E-state index contributed by atoms with van der Waals surface area (Å²) in [6.45, 7) is 5.66. The van der Waals surface area contributed by atoms with Gasteiger partial charge in [-0.2, -0.15) is 0 Å². The Morgan fingerprint density at radius 3 is 2.77 bits per heavy atom. The van der Waals surface area contributed by atoms with Crippen LogP contribution in [-0.4, -0.2) is 29.0 Å². The minimum absolute atomic E-state index is 0.163. The number of fused-ring (bicyclic) bond motifs is 1. The zero-order valence-corrected chi connectivity index (χ0v) is 15.2. The molecule has 0 saturated heterocycles. The molecule has 134 valence electrons. The van der Waals surface area contributed by atoms with Crippen LogP contribution in [0, 0.1) is 17.8 Å². The number of ether oxygens (including phenoxy) is 1. The Kier molecular flexibility index (Phi) is 4.49. The molecule has 1 saturated carbocycles. The molecule has 1 aliphatic heterocycles. The summed E-state index contributed by atoms with van der Waals surface area (Å²) < 4.78 is 5.42. The van der Waals surface area contributed by atoms with Gasteiger partial charge in [0.1, 0.15) is 0 Å². The van der Waals surface area contributed by atoms with Gasteiger partial charge in [-0.3, -0.25) is 9.98 Å². The van der Waals surface area contributed by atoms with Crippen molar-refractivity contribution in [1.29, 1.82) is 0 Å². The number of phenolic OH excluding ortho intramolecular Hbond substituents is 1. The van der Waals surface area contributed by atoms with Gasteiger partial charge in [0.2, 0.25) is 0 Å². The van der Waals surface area contributed by atoms with Gasteiger partial charge in [0, 0.05) is 18.7 Å². The minimum atomic E-state index is 0.163. The smallest absolute Gasteiger partial charge is 0.161 e. The monoisotopic (exact) mass is 348 g/mol. The fourth-order valence-corrected chi connectivity index (χ4v) is 3.68. The Morgan fingerprint density at radius 2 is 2.00 bits per heavy atom. The van der Waals surface area contributed by atoms with Crippen LogP contribution in [0.3, 0.4) is 0 Å². The van der Waals surface area contributed by atoms with Crippen molar-refractivity contribution in [3.63, 3.8) is 0 Å². The fraction of sp³-hybridized carbons (Fsp3) is 0.364. The Hall–Kier alpha value is -2.62. The van der Waals surface area contributed by atoms with Crippen molar-refractivity contribution in [3.05, 3.63) is 53.3 Å². The molecule has 3 atom stereocenters. The highest BCUT2D eigenvalue weighted by Crippen LogP contribution is 2.48. The Balaban J connectivity index is 1.48. The molecule has 2 heterocycles. The van der Waals surface area contributed by atoms with Crippen molar-refractivity contribution in [2.75, 3.05) is 13.2 Å². The SMILES string of the molecule is CCOc1cc(/C=C/c2ccc(C3=NCC(C)C4CC34)nc2)ccc1O. The summed E-state index contributed by atoms with van der Waals surface area (Å²) in [5, 5.41) is 9.78. The molecular formula is C22H24N2O2. The first kappa shape index (κ1) is 16.8. The maximum atomic E-state index is 9.78. The van der Waals surface area contributed by atoms with E-state index >= 15 is 0 Å². The quantitative estimate of drug-likeness (QED) is 0.869. The van der Waals surface area contributed by atoms with E-state index in [4.69, 9.17) is 9.73 Å². The van der Waals surface area contributed by atoms with E-state index < -0.39 is 0 Å². The van der Waals surface area contributed by atoms with Gasteiger partial charge in [-0.1, -0.05) is 31.2 Å². The number of pyridine rings is 1. The van der Waals surface area contributed by atoms with Gasteiger partial charge in [0.05, 0.1) is 18.0 Å². The maximum Gasteiger partial charge on any atom is 0.161 e. The molecule has 3 unspecified atom stereocenters. The van der Waals surface area contributed by atoms with Crippen LogP contribution >= 0.6 is 0 Å². The molecule has 1 fully saturated rings. The third-order valence-electron chi connectivity index (χ3n) is 5.27. The molecule has 4 heteroatoms. The number of hydrogen-bond acceptors (Lipinski definition) is 4. The standard InChI is InChI=1S/C22H24N2O2/c1-3-26-21-10-15(7-9-20(21)25)4-5-16-6-8-19(23-13-16)22-18-11-17(18)14(2)12-24-22/h4-10,13-14,17-18,25H,3,11-12H2,1-2H3/b5-4+. The lowest BCUT2D eigenvalue weighted by Crippen LogP contribution is -2.18. The number of hydrogen-bond donors (Lipinski definition) is 1. The van der Waals surface area contributed by atoms with Crippen molar-refractivity contribution in [3.8, 4) is 11.5 Å². The molecule has 4 rings (SSSR count). The fourth-order valence-electron chi connectivity index (χ4n) is 3.68. The summed E-state index contributed by atoms with van der Waals surface area (Å²) in [5.74, 6) is 2.83. The highest BCUT2D eigenvalue weighted by Gasteiger charge is 2.47. The van der Waals surface area contributed by atoms with Crippen molar-refractivity contribution in [2.24, 2.45) is 22.7 Å². The Bertz CT molecular complexity index is 855. The normalized spacial score (nSPS) is 24.2. The second kappa shape index (κ2) is 6.94. The van der Waals surface area contributed by atoms with Crippen LogP contribution in [0.15, 0.2) is 41.5 Å². The van der Waals surface area contributed by atoms with Crippen LogP contribution in [0.2, 0.25) is 0 Å². The molecule has 1 N–H and O–H groups in total. The number of benzene rings is 1. The first-order chi connectivity index (χ1) is 12.7. The summed E-state index contributed by atoms with van der Waals surface area (Å²) >= 11 is 0. The number of rotatable bonds is 5. The van der Waals surface area contributed by atoms with E-state index in [-0.39, 0.29) is 5.75 Å². The van der Waals surface area contributed by atoms with E-state index in [0.29, 0.717) is 18.3 Å². The number of aliphatic imine (C=N–C) groups is 1. The summed E-state index contributed by atoms with van der Waals surface area (Å²) in [4.78, 5) is 9.39. The molecule has 0 bridgehead atoms. The average Bonchev–Trinajstić information content (AvgIpc) is 3.45. The highest BCUT2D eigenvalue weighted by atomic mass is 16.5. The largest absolute Gasteiger partial charge is 0.504 e. The van der Waals surface area contributed by atoms with E-state index in [9.17, 15) is 5.11 Å². The minimum Gasteiger partial charge on any atom is -0.504 e. The van der Waals surface area contributed by atoms with Crippen molar-refractivity contribution in [2.45, 2.75) is 20.3 Å². The Morgan fingerprint density at radius 1 is 1.19 bits per heavy atom. The van der Waals surface area contributed by atoms with Gasteiger partial charge in [-0.25, -0.2) is 0 Å². The van der Waals surface area contributed by atoms with E-state index in [0.717, 1.165) is 35.2 Å². The molecule has 26 heavy (non-hydrogen) atoms. The molecule has 1 aliphatic carbocycles. The van der Waals surface area contributed by atoms with E-state index in [1.54, 1.807) is 6.07 Å². The first-order valence-corrected chi connectivity index (χ1v) is 9.30. The lowest BCUT2D eigenvalue weighted by Gasteiger charge is -2.16. The summed E-state index contributed by atoms with van der Waals surface area (Å²) in [6.07, 6.45) is 7.18. The number of phenols is 1. The number of nitrogens with zero attached hydrogens (tertiary/aromatic N) is 2. The molecule has 2 aliphatic rings. The second-order valence-electron chi connectivity index (χ2n) is 7.18. The number of aromatic nitrogens is 1. The zero-order chi connectivity index (χ0) is 18.1. The molecule has 4 nitrogen and oxygen atoms in total. The molecule has 1 aromatic heterocycles. The van der Waals surface area contributed by atoms with Crippen LogP contribution < -0.4 is 4.74 Å². The molecule has 0 spiro atoms. The van der Waals surface area contributed by atoms with Crippen LogP contribution in [0.5, 0.6) is 11.5 Å². The van der Waals surface area contributed by atoms with Gasteiger partial charge < -0.3 is 9.84 Å². The van der Waals surface area contributed by atoms with E-state index in [1.165, 1.54) is 12.1 Å². The van der Waals surface area contributed by atoms with Crippen molar-refractivity contribution >= 4 is 17.9 Å². The lowest BCUT2D eigenvalue weighted by molar-refractivity contribution is 0.318. The Labute approximate surface area is 154 Å². The molecule has 0 radical (unpaired) electrons. The van der Waals surface area contributed by atoms with Crippen LogP contribution in [0.1, 0.15) is 37.1 Å². The van der Waals surface area contributed by atoms with E-state index in [2.05, 4.69) is 24.0 Å². The number of aromatic hydroxyl groups is 1. The van der Waals surface area contributed by atoms with Crippen LogP contribution in [-0.2, 0) is 0 Å². The van der Waals surface area contributed by atoms with Gasteiger partial charge in [0.25, 0.3) is 0 Å². The average molecular weight is 348 g/mol. The first-order valence-electron chi connectivity index (χ1n) is 9.30.